The predicted octanol–water partition coefficient (Wildman–Crippen LogP) is 12.8. The molecular formula is C39H73NO4. The van der Waals surface area contributed by atoms with E-state index in [4.69, 9.17) is 9.47 Å². The third-order valence-corrected chi connectivity index (χ3v) is 8.54. The first-order valence-electron chi connectivity index (χ1n) is 18.9. The lowest BCUT2D eigenvalue weighted by Gasteiger charge is -2.17. The Morgan fingerprint density at radius 2 is 0.727 bits per heavy atom. The number of hydrogen-bond donors (Lipinski definition) is 1. The normalized spacial score (nSPS) is 13.8. The van der Waals surface area contributed by atoms with E-state index in [0.29, 0.717) is 25.7 Å². The van der Waals surface area contributed by atoms with Crippen LogP contribution in [0.4, 0.5) is 0 Å². The van der Waals surface area contributed by atoms with Gasteiger partial charge in [0.25, 0.3) is 5.79 Å². The lowest BCUT2D eigenvalue weighted by atomic mass is 10.1. The van der Waals surface area contributed by atoms with E-state index < -0.39 is 5.79 Å². The summed E-state index contributed by atoms with van der Waals surface area (Å²) in [5.41, 5.74) is 0. The second-order valence-corrected chi connectivity index (χ2v) is 13.0. The molecule has 1 saturated carbocycles. The first-order chi connectivity index (χ1) is 21.1. The van der Waals surface area contributed by atoms with Gasteiger partial charge in [0.2, 0.25) is 0 Å². The van der Waals surface area contributed by atoms with Crippen LogP contribution in [0.2, 0.25) is 0 Å². The van der Waals surface area contributed by atoms with Gasteiger partial charge in [-0.3, -0.25) is 9.59 Å². The smallest absolute Gasteiger partial charge is 0.309 e. The molecule has 0 radical (unpaired) electrons. The van der Waals surface area contributed by atoms with Crippen LogP contribution in [-0.4, -0.2) is 17.7 Å². The van der Waals surface area contributed by atoms with Crippen LogP contribution in [0.15, 0.2) is 24.3 Å². The molecule has 0 spiro atoms. The maximum atomic E-state index is 12.3. The highest BCUT2D eigenvalue weighted by Crippen LogP contribution is 2.41. The molecule has 0 aromatic rings. The van der Waals surface area contributed by atoms with Crippen molar-refractivity contribution in [1.82, 2.24) is 6.15 Å². The summed E-state index contributed by atoms with van der Waals surface area (Å²) in [5, 5.41) is 0. The summed E-state index contributed by atoms with van der Waals surface area (Å²) < 4.78 is 11.1. The molecule has 1 fully saturated rings. The molecule has 44 heavy (non-hydrogen) atoms. The predicted molar refractivity (Wildman–Crippen MR) is 188 cm³/mol. The molecule has 5 heteroatoms. The summed E-state index contributed by atoms with van der Waals surface area (Å²) in [6.45, 7) is 4.53. The second-order valence-electron chi connectivity index (χ2n) is 13.0. The molecule has 0 unspecified atom stereocenters. The number of rotatable bonds is 32. The summed E-state index contributed by atoms with van der Waals surface area (Å²) in [5.74, 6) is -1.38. The van der Waals surface area contributed by atoms with Crippen LogP contribution in [0.25, 0.3) is 0 Å². The van der Waals surface area contributed by atoms with E-state index in [0.717, 1.165) is 38.5 Å². The average molecular weight is 620 g/mol. The quantitative estimate of drug-likeness (QED) is 0.0350. The van der Waals surface area contributed by atoms with Crippen molar-refractivity contribution in [3.8, 4) is 0 Å². The van der Waals surface area contributed by atoms with E-state index >= 15 is 0 Å². The molecule has 0 amide bonds. The van der Waals surface area contributed by atoms with Gasteiger partial charge >= 0.3 is 11.9 Å². The number of hydrogen-bond acceptors (Lipinski definition) is 5. The minimum absolute atomic E-state index is 0. The van der Waals surface area contributed by atoms with E-state index in [2.05, 4.69) is 38.2 Å². The monoisotopic (exact) mass is 620 g/mol. The van der Waals surface area contributed by atoms with Crippen molar-refractivity contribution in [2.24, 2.45) is 0 Å². The zero-order chi connectivity index (χ0) is 31.1. The van der Waals surface area contributed by atoms with E-state index in [1.807, 2.05) is 0 Å². The van der Waals surface area contributed by atoms with Crippen molar-refractivity contribution in [2.45, 2.75) is 212 Å². The molecule has 0 aromatic carbocycles. The van der Waals surface area contributed by atoms with Crippen molar-refractivity contribution in [1.29, 1.82) is 0 Å². The highest BCUT2D eigenvalue weighted by Gasteiger charge is 2.51. The SMILES string of the molecule is CCCCCCCC/C=C\CCCCCCCC(=O)OC1(OC(=O)CCCCCCC/C=C\CCCCCCCC)CC1.N. The van der Waals surface area contributed by atoms with Crippen LogP contribution in [0, 0.1) is 0 Å². The summed E-state index contributed by atoms with van der Waals surface area (Å²) in [7, 11) is 0. The highest BCUT2D eigenvalue weighted by atomic mass is 16.7. The van der Waals surface area contributed by atoms with Crippen LogP contribution in [-0.2, 0) is 19.1 Å². The Kier molecular flexibility index (Phi) is 30.2. The zero-order valence-electron chi connectivity index (χ0n) is 29.4. The van der Waals surface area contributed by atoms with Gasteiger partial charge in [-0.2, -0.15) is 0 Å². The fourth-order valence-electron chi connectivity index (χ4n) is 5.52. The molecule has 3 N–H and O–H groups in total. The number of carbonyl (C=O) groups is 2. The van der Waals surface area contributed by atoms with Gasteiger partial charge in [0.05, 0.1) is 0 Å². The topological polar surface area (TPSA) is 87.6 Å². The van der Waals surface area contributed by atoms with Crippen LogP contribution in [0.3, 0.4) is 0 Å². The van der Waals surface area contributed by atoms with Gasteiger partial charge in [0, 0.05) is 25.7 Å². The molecule has 0 bridgehead atoms. The van der Waals surface area contributed by atoms with Gasteiger partial charge in [-0.25, -0.2) is 0 Å². The maximum absolute atomic E-state index is 12.3. The van der Waals surface area contributed by atoms with Crippen LogP contribution >= 0.6 is 0 Å². The molecule has 258 valence electrons. The van der Waals surface area contributed by atoms with Crippen LogP contribution < -0.4 is 6.15 Å². The third-order valence-electron chi connectivity index (χ3n) is 8.54. The molecule has 0 atom stereocenters. The minimum atomic E-state index is -0.947. The van der Waals surface area contributed by atoms with E-state index in [9.17, 15) is 9.59 Å². The Morgan fingerprint density at radius 3 is 1.02 bits per heavy atom. The highest BCUT2D eigenvalue weighted by molar-refractivity contribution is 5.72. The Labute approximate surface area is 273 Å². The lowest BCUT2D eigenvalue weighted by molar-refractivity contribution is -0.196. The van der Waals surface area contributed by atoms with Crippen molar-refractivity contribution < 1.29 is 19.1 Å². The Hall–Kier alpha value is -1.62. The molecular weight excluding hydrogens is 546 g/mol. The van der Waals surface area contributed by atoms with E-state index in [1.165, 1.54) is 128 Å². The Balaban J connectivity index is 0.0000185. The number of esters is 2. The summed E-state index contributed by atoms with van der Waals surface area (Å²) in [6, 6.07) is 0. The summed E-state index contributed by atoms with van der Waals surface area (Å²) in [4.78, 5) is 24.6. The zero-order valence-corrected chi connectivity index (χ0v) is 29.4. The molecule has 1 aliphatic carbocycles. The summed E-state index contributed by atoms with van der Waals surface area (Å²) in [6.07, 6.45) is 43.7. The molecule has 1 aliphatic rings. The van der Waals surface area contributed by atoms with Gasteiger partial charge in [-0.1, -0.05) is 141 Å². The van der Waals surface area contributed by atoms with Crippen molar-refractivity contribution in [2.75, 3.05) is 0 Å². The standard InChI is InChI=1S/C39H70O4.H3N/c1-3-5-7-9-11-13-15-17-19-21-23-25-27-29-31-33-37(40)42-39(35-36-39)43-38(41)34-32-30-28-26-24-22-20-18-16-14-12-10-8-6-4-2;/h17-20H,3-16,21-36H2,1-2H3;1H3/b19-17-,20-18-;. The Morgan fingerprint density at radius 1 is 0.455 bits per heavy atom. The minimum Gasteiger partial charge on any atom is -0.422 e. The Bertz CT molecular complexity index is 657. The number of carbonyl (C=O) groups excluding carboxylic acids is 2. The molecule has 1 rings (SSSR count). The fraction of sp³-hybridized carbons (Fsp3) is 0.846. The summed E-state index contributed by atoms with van der Waals surface area (Å²) >= 11 is 0. The van der Waals surface area contributed by atoms with Crippen molar-refractivity contribution in [3.05, 3.63) is 24.3 Å². The molecule has 0 heterocycles. The molecule has 0 aliphatic heterocycles. The molecule has 0 saturated heterocycles. The van der Waals surface area contributed by atoms with E-state index in [1.54, 1.807) is 0 Å². The van der Waals surface area contributed by atoms with E-state index in [-0.39, 0.29) is 18.1 Å². The van der Waals surface area contributed by atoms with Gasteiger partial charge in [0.15, 0.2) is 0 Å². The van der Waals surface area contributed by atoms with Crippen molar-refractivity contribution in [3.63, 3.8) is 0 Å². The first kappa shape index (κ1) is 42.4. The third kappa shape index (κ3) is 27.9. The number of unbranched alkanes of at least 4 members (excludes halogenated alkanes) is 22. The fourth-order valence-corrected chi connectivity index (χ4v) is 5.52. The molecule has 5 nitrogen and oxygen atoms in total. The maximum Gasteiger partial charge on any atom is 0.309 e. The van der Waals surface area contributed by atoms with Gasteiger partial charge in [-0.15, -0.1) is 0 Å². The number of allylic oxidation sites excluding steroid dienone is 4. The van der Waals surface area contributed by atoms with Crippen LogP contribution in [0.5, 0.6) is 0 Å². The lowest BCUT2D eigenvalue weighted by Crippen LogP contribution is -2.26. The van der Waals surface area contributed by atoms with Crippen LogP contribution in [0.1, 0.15) is 206 Å². The van der Waals surface area contributed by atoms with Gasteiger partial charge in [0.1, 0.15) is 0 Å². The van der Waals surface area contributed by atoms with Gasteiger partial charge < -0.3 is 15.6 Å². The first-order valence-corrected chi connectivity index (χ1v) is 18.9. The van der Waals surface area contributed by atoms with Gasteiger partial charge in [-0.05, 0) is 64.2 Å². The number of ether oxygens (including phenoxy) is 2. The second kappa shape index (κ2) is 31.4. The largest absolute Gasteiger partial charge is 0.422 e. The molecule has 0 aromatic heterocycles. The average Bonchev–Trinajstić information content (AvgIpc) is 3.75. The van der Waals surface area contributed by atoms with Crippen molar-refractivity contribution >= 4 is 11.9 Å².